The van der Waals surface area contributed by atoms with Gasteiger partial charge in [-0.05, 0) is 28.3 Å². The van der Waals surface area contributed by atoms with E-state index in [0.29, 0.717) is 6.61 Å². The van der Waals surface area contributed by atoms with E-state index in [1.165, 1.54) is 0 Å². The summed E-state index contributed by atoms with van der Waals surface area (Å²) in [6, 6.07) is 15.2. The number of ether oxygens (including phenoxy) is 1. The summed E-state index contributed by atoms with van der Waals surface area (Å²) in [6.07, 6.45) is -0.233. The minimum atomic E-state index is -0.549. The Kier molecular flexibility index (Phi) is 7.63. The van der Waals surface area contributed by atoms with Crippen LogP contribution in [0.1, 0.15) is 38.3 Å². The molecular weight excluding hydrogens is 342 g/mol. The number of carbonyl (C=O) groups excluding carboxylic acids is 2. The maximum absolute atomic E-state index is 12.2. The summed E-state index contributed by atoms with van der Waals surface area (Å²) in [5.74, 6) is -0.00304. The van der Waals surface area contributed by atoms with E-state index in [1.807, 2.05) is 62.4 Å². The third-order valence-corrected chi connectivity index (χ3v) is 3.96. The highest BCUT2D eigenvalue weighted by Gasteiger charge is 2.19. The van der Waals surface area contributed by atoms with Crippen LogP contribution in [0, 0.1) is 17.2 Å². The molecule has 0 saturated heterocycles. The molecule has 2 amide bonds. The number of carbonyl (C=O) groups is 2. The highest BCUT2D eigenvalue weighted by molar-refractivity contribution is 5.84. The molecule has 0 fully saturated rings. The van der Waals surface area contributed by atoms with E-state index >= 15 is 0 Å². The van der Waals surface area contributed by atoms with Crippen molar-refractivity contribution < 1.29 is 14.3 Å². The Balaban J connectivity index is 2.15. The van der Waals surface area contributed by atoms with Crippen LogP contribution in [0.25, 0.3) is 10.8 Å². The molecule has 1 atom stereocenters. The van der Waals surface area contributed by atoms with Crippen LogP contribution in [0.4, 0.5) is 4.79 Å². The lowest BCUT2D eigenvalue weighted by Crippen LogP contribution is -2.34. The highest BCUT2D eigenvalue weighted by Crippen LogP contribution is 2.23. The monoisotopic (exact) mass is 367 g/mol. The number of nitrogens with one attached hydrogen (secondary N) is 2. The molecule has 2 N–H and O–H groups in total. The van der Waals surface area contributed by atoms with Crippen molar-refractivity contribution in [2.24, 2.45) is 5.92 Å². The van der Waals surface area contributed by atoms with E-state index < -0.39 is 12.1 Å². The SMILES string of the molecule is CC(C)COC(=O)NC(CC(=O)NCCC#N)c1ccc2ccccc2c1. The fourth-order valence-electron chi connectivity index (χ4n) is 2.62. The van der Waals surface area contributed by atoms with Gasteiger partial charge in [-0.25, -0.2) is 4.79 Å². The molecule has 142 valence electrons. The zero-order valence-electron chi connectivity index (χ0n) is 15.7. The second-order valence-corrected chi connectivity index (χ2v) is 6.76. The van der Waals surface area contributed by atoms with Crippen molar-refractivity contribution in [2.75, 3.05) is 13.2 Å². The van der Waals surface area contributed by atoms with Crippen molar-refractivity contribution in [1.82, 2.24) is 10.6 Å². The maximum atomic E-state index is 12.2. The van der Waals surface area contributed by atoms with Crippen molar-refractivity contribution in [3.8, 4) is 6.07 Å². The van der Waals surface area contributed by atoms with E-state index in [-0.39, 0.29) is 31.2 Å². The number of fused-ring (bicyclic) bond motifs is 1. The average molecular weight is 367 g/mol. The molecule has 2 aromatic rings. The highest BCUT2D eigenvalue weighted by atomic mass is 16.5. The van der Waals surface area contributed by atoms with Gasteiger partial charge in [0.05, 0.1) is 31.6 Å². The smallest absolute Gasteiger partial charge is 0.407 e. The first-order valence-electron chi connectivity index (χ1n) is 9.05. The van der Waals surface area contributed by atoms with Crippen LogP contribution < -0.4 is 10.6 Å². The molecule has 0 spiro atoms. The van der Waals surface area contributed by atoms with Crippen LogP contribution in [-0.4, -0.2) is 25.2 Å². The molecule has 27 heavy (non-hydrogen) atoms. The lowest BCUT2D eigenvalue weighted by molar-refractivity contribution is -0.121. The zero-order chi connectivity index (χ0) is 19.6. The third kappa shape index (κ3) is 6.63. The predicted molar refractivity (Wildman–Crippen MR) is 104 cm³/mol. The van der Waals surface area contributed by atoms with Gasteiger partial charge in [-0.15, -0.1) is 0 Å². The summed E-state index contributed by atoms with van der Waals surface area (Å²) in [4.78, 5) is 24.3. The molecule has 0 heterocycles. The Morgan fingerprint density at radius 2 is 1.89 bits per heavy atom. The summed E-state index contributed by atoms with van der Waals surface area (Å²) in [5, 5.41) is 16.2. The lowest BCUT2D eigenvalue weighted by Gasteiger charge is -2.20. The first-order valence-corrected chi connectivity index (χ1v) is 9.05. The van der Waals surface area contributed by atoms with Crippen LogP contribution in [-0.2, 0) is 9.53 Å². The van der Waals surface area contributed by atoms with Crippen LogP contribution in [0.15, 0.2) is 42.5 Å². The quantitative estimate of drug-likeness (QED) is 0.696. The van der Waals surface area contributed by atoms with E-state index in [1.54, 1.807) is 0 Å². The molecule has 0 aromatic heterocycles. The van der Waals surface area contributed by atoms with Crippen LogP contribution in [0.2, 0.25) is 0 Å². The van der Waals surface area contributed by atoms with Gasteiger partial charge in [-0.3, -0.25) is 4.79 Å². The second-order valence-electron chi connectivity index (χ2n) is 6.76. The van der Waals surface area contributed by atoms with E-state index in [9.17, 15) is 9.59 Å². The van der Waals surface area contributed by atoms with Gasteiger partial charge in [-0.2, -0.15) is 5.26 Å². The fraction of sp³-hybridized carbons (Fsp3) is 0.381. The molecule has 0 aliphatic rings. The third-order valence-electron chi connectivity index (χ3n) is 3.96. The summed E-state index contributed by atoms with van der Waals surface area (Å²) in [5.41, 5.74) is 0.825. The van der Waals surface area contributed by atoms with Gasteiger partial charge in [0, 0.05) is 6.54 Å². The van der Waals surface area contributed by atoms with Gasteiger partial charge in [0.1, 0.15) is 0 Å². The van der Waals surface area contributed by atoms with Crippen molar-refractivity contribution in [2.45, 2.75) is 32.7 Å². The van der Waals surface area contributed by atoms with E-state index in [0.717, 1.165) is 16.3 Å². The number of alkyl carbamates (subject to hydrolysis) is 1. The standard InChI is InChI=1S/C21H25N3O3/c1-15(2)14-27-21(26)24-19(13-20(25)23-11-5-10-22)18-9-8-16-6-3-4-7-17(16)12-18/h3-4,6-9,12,15,19H,5,11,13-14H2,1-2H3,(H,23,25)(H,24,26). The Bertz CT molecular complexity index is 827. The van der Waals surface area contributed by atoms with Gasteiger partial charge < -0.3 is 15.4 Å². The number of nitriles is 1. The van der Waals surface area contributed by atoms with Gasteiger partial charge in [0.15, 0.2) is 0 Å². The number of hydrogen-bond acceptors (Lipinski definition) is 4. The summed E-state index contributed by atoms with van der Waals surface area (Å²) in [7, 11) is 0. The summed E-state index contributed by atoms with van der Waals surface area (Å²) >= 11 is 0. The normalized spacial score (nSPS) is 11.6. The Labute approximate surface area is 159 Å². The van der Waals surface area contributed by atoms with E-state index in [2.05, 4.69) is 10.6 Å². The number of hydrogen-bond donors (Lipinski definition) is 2. The number of nitrogens with zero attached hydrogens (tertiary/aromatic N) is 1. The van der Waals surface area contributed by atoms with Crippen molar-refractivity contribution in [3.63, 3.8) is 0 Å². The summed E-state index contributed by atoms with van der Waals surface area (Å²) in [6.45, 7) is 4.51. The van der Waals surface area contributed by atoms with Gasteiger partial charge in [-0.1, -0.05) is 50.2 Å². The van der Waals surface area contributed by atoms with Gasteiger partial charge in [0.2, 0.25) is 5.91 Å². The molecule has 2 aromatic carbocycles. The Morgan fingerprint density at radius 3 is 2.59 bits per heavy atom. The van der Waals surface area contributed by atoms with Crippen LogP contribution >= 0.6 is 0 Å². The topological polar surface area (TPSA) is 91.2 Å². The predicted octanol–water partition coefficient (Wildman–Crippen LogP) is 3.68. The molecule has 0 aliphatic carbocycles. The molecule has 0 aliphatic heterocycles. The zero-order valence-corrected chi connectivity index (χ0v) is 15.7. The molecule has 1 unspecified atom stereocenters. The first-order chi connectivity index (χ1) is 13.0. The van der Waals surface area contributed by atoms with Crippen molar-refractivity contribution in [3.05, 3.63) is 48.0 Å². The molecule has 0 saturated carbocycles. The Hall–Kier alpha value is -3.07. The van der Waals surface area contributed by atoms with Crippen molar-refractivity contribution in [1.29, 1.82) is 5.26 Å². The number of benzene rings is 2. The van der Waals surface area contributed by atoms with Gasteiger partial charge >= 0.3 is 6.09 Å². The lowest BCUT2D eigenvalue weighted by atomic mass is 9.99. The largest absolute Gasteiger partial charge is 0.449 e. The number of amides is 2. The maximum Gasteiger partial charge on any atom is 0.407 e. The van der Waals surface area contributed by atoms with Crippen molar-refractivity contribution >= 4 is 22.8 Å². The van der Waals surface area contributed by atoms with Gasteiger partial charge in [0.25, 0.3) is 0 Å². The minimum Gasteiger partial charge on any atom is -0.449 e. The molecule has 0 radical (unpaired) electrons. The minimum absolute atomic E-state index is 0.0700. The average Bonchev–Trinajstić information content (AvgIpc) is 2.65. The fourth-order valence-corrected chi connectivity index (χ4v) is 2.62. The summed E-state index contributed by atoms with van der Waals surface area (Å²) < 4.78 is 5.20. The van der Waals surface area contributed by atoms with E-state index in [4.69, 9.17) is 10.00 Å². The molecule has 2 rings (SSSR count). The molecule has 0 bridgehead atoms. The second kappa shape index (κ2) is 10.2. The molecule has 6 nitrogen and oxygen atoms in total. The van der Waals surface area contributed by atoms with Crippen LogP contribution in [0.5, 0.6) is 0 Å². The first kappa shape index (κ1) is 20.2. The molecular formula is C21H25N3O3. The van der Waals surface area contributed by atoms with Crippen LogP contribution in [0.3, 0.4) is 0 Å². The molecule has 6 heteroatoms. The number of rotatable bonds is 8. The Morgan fingerprint density at radius 1 is 1.15 bits per heavy atom.